The van der Waals surface area contributed by atoms with E-state index in [0.717, 1.165) is 0 Å². The third-order valence-corrected chi connectivity index (χ3v) is 2.14. The SMILES string of the molecule is COC[C@H](C)Oc1ccc(C(=O)O)cc1OC. The third-order valence-electron chi connectivity index (χ3n) is 2.14. The fourth-order valence-corrected chi connectivity index (χ4v) is 1.38. The fraction of sp³-hybridized carbons (Fsp3) is 0.417. The third kappa shape index (κ3) is 3.64. The lowest BCUT2D eigenvalue weighted by Crippen LogP contribution is -2.18. The molecule has 0 aliphatic carbocycles. The summed E-state index contributed by atoms with van der Waals surface area (Å²) in [4.78, 5) is 10.8. The molecule has 1 atom stereocenters. The smallest absolute Gasteiger partial charge is 0.335 e. The van der Waals surface area contributed by atoms with Crippen LogP contribution in [-0.2, 0) is 4.74 Å². The molecule has 0 spiro atoms. The summed E-state index contributed by atoms with van der Waals surface area (Å²) in [6.07, 6.45) is -0.135. The molecule has 0 fully saturated rings. The van der Waals surface area contributed by atoms with Crippen LogP contribution in [0.25, 0.3) is 0 Å². The Hall–Kier alpha value is -1.75. The first-order valence-corrected chi connectivity index (χ1v) is 5.15. The topological polar surface area (TPSA) is 65.0 Å². The summed E-state index contributed by atoms with van der Waals surface area (Å²) in [6.45, 7) is 2.30. The maximum Gasteiger partial charge on any atom is 0.335 e. The number of hydrogen-bond acceptors (Lipinski definition) is 4. The van der Waals surface area contributed by atoms with Gasteiger partial charge in [-0.3, -0.25) is 0 Å². The van der Waals surface area contributed by atoms with E-state index in [1.807, 2.05) is 6.92 Å². The second-order valence-corrected chi connectivity index (χ2v) is 3.55. The first kappa shape index (κ1) is 13.3. The molecule has 5 nitrogen and oxygen atoms in total. The molecule has 0 aromatic heterocycles. The molecule has 0 bridgehead atoms. The molecule has 0 radical (unpaired) electrons. The van der Waals surface area contributed by atoms with Crippen molar-refractivity contribution >= 4 is 5.97 Å². The van der Waals surface area contributed by atoms with Gasteiger partial charge in [0.1, 0.15) is 6.10 Å². The highest BCUT2D eigenvalue weighted by atomic mass is 16.5. The van der Waals surface area contributed by atoms with Gasteiger partial charge in [-0.2, -0.15) is 0 Å². The van der Waals surface area contributed by atoms with Crippen molar-refractivity contribution < 1.29 is 24.1 Å². The van der Waals surface area contributed by atoms with E-state index in [2.05, 4.69) is 0 Å². The molecular formula is C12H16O5. The molecule has 0 unspecified atom stereocenters. The van der Waals surface area contributed by atoms with Gasteiger partial charge >= 0.3 is 5.97 Å². The zero-order valence-corrected chi connectivity index (χ0v) is 10.1. The Morgan fingerprint density at radius 1 is 1.35 bits per heavy atom. The van der Waals surface area contributed by atoms with Crippen molar-refractivity contribution in [2.24, 2.45) is 0 Å². The average molecular weight is 240 g/mol. The lowest BCUT2D eigenvalue weighted by atomic mass is 10.2. The van der Waals surface area contributed by atoms with Crippen molar-refractivity contribution in [3.63, 3.8) is 0 Å². The van der Waals surface area contributed by atoms with E-state index in [4.69, 9.17) is 19.3 Å². The zero-order valence-electron chi connectivity index (χ0n) is 10.1. The average Bonchev–Trinajstić information content (AvgIpc) is 2.29. The van der Waals surface area contributed by atoms with Crippen LogP contribution in [0.3, 0.4) is 0 Å². The summed E-state index contributed by atoms with van der Waals surface area (Å²) in [7, 11) is 3.05. The van der Waals surface area contributed by atoms with E-state index in [0.29, 0.717) is 18.1 Å². The minimum Gasteiger partial charge on any atom is -0.493 e. The highest BCUT2D eigenvalue weighted by Crippen LogP contribution is 2.28. The van der Waals surface area contributed by atoms with E-state index < -0.39 is 5.97 Å². The molecule has 0 heterocycles. The van der Waals surface area contributed by atoms with E-state index in [1.165, 1.54) is 19.2 Å². The van der Waals surface area contributed by atoms with Crippen LogP contribution in [0, 0.1) is 0 Å². The van der Waals surface area contributed by atoms with Crippen molar-refractivity contribution in [1.29, 1.82) is 0 Å². The highest BCUT2D eigenvalue weighted by Gasteiger charge is 2.12. The van der Waals surface area contributed by atoms with Gasteiger partial charge in [-0.15, -0.1) is 0 Å². The fourth-order valence-electron chi connectivity index (χ4n) is 1.38. The lowest BCUT2D eigenvalue weighted by Gasteiger charge is -2.16. The molecule has 1 aromatic rings. The molecule has 0 aliphatic rings. The first-order valence-electron chi connectivity index (χ1n) is 5.15. The van der Waals surface area contributed by atoms with Crippen molar-refractivity contribution in [1.82, 2.24) is 0 Å². The molecule has 0 aliphatic heterocycles. The molecule has 94 valence electrons. The molecule has 0 amide bonds. The molecule has 17 heavy (non-hydrogen) atoms. The predicted octanol–water partition coefficient (Wildman–Crippen LogP) is 1.81. The monoisotopic (exact) mass is 240 g/mol. The molecule has 1 N–H and O–H groups in total. The van der Waals surface area contributed by atoms with Gasteiger partial charge in [-0.25, -0.2) is 4.79 Å². The summed E-state index contributed by atoms with van der Waals surface area (Å²) in [5.74, 6) is -0.102. The van der Waals surface area contributed by atoms with Gasteiger partial charge in [0, 0.05) is 7.11 Å². The van der Waals surface area contributed by atoms with E-state index in [9.17, 15) is 4.79 Å². The molecule has 5 heteroatoms. The van der Waals surface area contributed by atoms with E-state index in [1.54, 1.807) is 13.2 Å². The summed E-state index contributed by atoms with van der Waals surface area (Å²) in [6, 6.07) is 4.48. The van der Waals surface area contributed by atoms with Crippen LogP contribution in [0.4, 0.5) is 0 Å². The zero-order chi connectivity index (χ0) is 12.8. The molecule has 1 rings (SSSR count). The molecular weight excluding hydrogens is 224 g/mol. The maximum absolute atomic E-state index is 10.8. The first-order chi connectivity index (χ1) is 8.08. The van der Waals surface area contributed by atoms with Gasteiger partial charge in [-0.05, 0) is 25.1 Å². The van der Waals surface area contributed by atoms with Gasteiger partial charge in [0.15, 0.2) is 11.5 Å². The van der Waals surface area contributed by atoms with Crippen LogP contribution < -0.4 is 9.47 Å². The Kier molecular flexibility index (Phi) is 4.78. The summed E-state index contributed by atoms with van der Waals surface area (Å²) < 4.78 is 15.6. The minimum absolute atomic E-state index is 0.135. The second-order valence-electron chi connectivity index (χ2n) is 3.55. The number of aromatic carboxylic acids is 1. The van der Waals surface area contributed by atoms with Crippen LogP contribution in [0.15, 0.2) is 18.2 Å². The Bertz CT molecular complexity index is 388. The number of carboxylic acids is 1. The van der Waals surface area contributed by atoms with Crippen molar-refractivity contribution in [2.75, 3.05) is 20.8 Å². The molecule has 0 saturated carbocycles. The Morgan fingerprint density at radius 3 is 2.59 bits per heavy atom. The number of carbonyl (C=O) groups is 1. The normalized spacial score (nSPS) is 11.9. The van der Waals surface area contributed by atoms with Gasteiger partial charge in [0.25, 0.3) is 0 Å². The van der Waals surface area contributed by atoms with Crippen LogP contribution in [0.1, 0.15) is 17.3 Å². The number of ether oxygens (including phenoxy) is 3. The van der Waals surface area contributed by atoms with Crippen LogP contribution in [0.5, 0.6) is 11.5 Å². The molecule has 1 aromatic carbocycles. The van der Waals surface area contributed by atoms with Gasteiger partial charge < -0.3 is 19.3 Å². The quantitative estimate of drug-likeness (QED) is 0.821. The number of methoxy groups -OCH3 is 2. The van der Waals surface area contributed by atoms with Crippen molar-refractivity contribution in [3.05, 3.63) is 23.8 Å². The Balaban J connectivity index is 2.88. The van der Waals surface area contributed by atoms with Gasteiger partial charge in [0.05, 0.1) is 19.3 Å². The van der Waals surface area contributed by atoms with Crippen molar-refractivity contribution in [2.45, 2.75) is 13.0 Å². The molecule has 0 saturated heterocycles. The lowest BCUT2D eigenvalue weighted by molar-refractivity contribution is 0.0696. The van der Waals surface area contributed by atoms with Crippen LogP contribution >= 0.6 is 0 Å². The van der Waals surface area contributed by atoms with Gasteiger partial charge in [-0.1, -0.05) is 0 Å². The highest BCUT2D eigenvalue weighted by molar-refractivity contribution is 5.88. The maximum atomic E-state index is 10.8. The van der Waals surface area contributed by atoms with Gasteiger partial charge in [0.2, 0.25) is 0 Å². The Morgan fingerprint density at radius 2 is 2.06 bits per heavy atom. The van der Waals surface area contributed by atoms with Crippen LogP contribution in [0.2, 0.25) is 0 Å². The van der Waals surface area contributed by atoms with E-state index >= 15 is 0 Å². The number of benzene rings is 1. The largest absolute Gasteiger partial charge is 0.493 e. The summed E-state index contributed by atoms with van der Waals surface area (Å²) in [5.41, 5.74) is 0.161. The predicted molar refractivity (Wildman–Crippen MR) is 61.9 cm³/mol. The minimum atomic E-state index is -1.00. The Labute approximate surface area is 99.9 Å². The number of carboxylic acid groups (broad SMARTS) is 1. The van der Waals surface area contributed by atoms with E-state index in [-0.39, 0.29) is 11.7 Å². The summed E-state index contributed by atoms with van der Waals surface area (Å²) in [5, 5.41) is 8.85. The number of hydrogen-bond donors (Lipinski definition) is 1. The standard InChI is InChI=1S/C12H16O5/c1-8(7-15-2)17-10-5-4-9(12(13)14)6-11(10)16-3/h4-6,8H,7H2,1-3H3,(H,13,14)/t8-/m0/s1. The van der Waals surface area contributed by atoms with Crippen LogP contribution in [-0.4, -0.2) is 38.0 Å². The number of rotatable bonds is 6. The summed E-state index contributed by atoms with van der Waals surface area (Å²) >= 11 is 0. The van der Waals surface area contributed by atoms with Crippen molar-refractivity contribution in [3.8, 4) is 11.5 Å². The second kappa shape index (κ2) is 6.10.